The van der Waals surface area contributed by atoms with Crippen LogP contribution in [0, 0.1) is 13.8 Å². The van der Waals surface area contributed by atoms with E-state index in [0.29, 0.717) is 6.42 Å². The van der Waals surface area contributed by atoms with Crippen LogP contribution in [0.5, 0.6) is 0 Å². The van der Waals surface area contributed by atoms with E-state index in [1.165, 1.54) is 28.2 Å². The average molecular weight is 393 g/mol. The van der Waals surface area contributed by atoms with Gasteiger partial charge in [-0.3, -0.25) is 4.79 Å². The fraction of sp³-hybridized carbons (Fsp3) is 0.318. The van der Waals surface area contributed by atoms with Gasteiger partial charge in [0.25, 0.3) is 0 Å². The van der Waals surface area contributed by atoms with Crippen molar-refractivity contribution < 1.29 is 4.79 Å². The van der Waals surface area contributed by atoms with E-state index in [0.717, 1.165) is 36.0 Å². The Morgan fingerprint density at radius 2 is 2.00 bits per heavy atom. The van der Waals surface area contributed by atoms with Crippen LogP contribution in [0.3, 0.4) is 0 Å². The van der Waals surface area contributed by atoms with Gasteiger partial charge >= 0.3 is 0 Å². The van der Waals surface area contributed by atoms with Gasteiger partial charge in [0.05, 0.1) is 0 Å². The highest BCUT2D eigenvalue weighted by Gasteiger charge is 2.33. The molecule has 1 atom stereocenters. The lowest BCUT2D eigenvalue weighted by Crippen LogP contribution is -2.39. The topological polar surface area (TPSA) is 58.1 Å². The summed E-state index contributed by atoms with van der Waals surface area (Å²) < 4.78 is 4.51. The van der Waals surface area contributed by atoms with Gasteiger partial charge in [-0.15, -0.1) is 0 Å². The number of aromatic nitrogens is 2. The second-order valence-corrected chi connectivity index (χ2v) is 8.03. The first-order valence-electron chi connectivity index (χ1n) is 9.61. The van der Waals surface area contributed by atoms with Gasteiger partial charge < -0.3 is 10.2 Å². The highest BCUT2D eigenvalue weighted by atomic mass is 32.1. The second-order valence-electron chi connectivity index (χ2n) is 7.30. The third-order valence-electron chi connectivity index (χ3n) is 5.24. The number of hydrogen-bond acceptors (Lipinski definition) is 5. The number of nitrogens with zero attached hydrogens (tertiary/aromatic N) is 3. The van der Waals surface area contributed by atoms with Crippen molar-refractivity contribution >= 4 is 28.3 Å². The number of carbonyl (C=O) groups is 1. The molecule has 0 unspecified atom stereocenters. The van der Waals surface area contributed by atoms with Gasteiger partial charge in [-0.1, -0.05) is 36.4 Å². The molecule has 1 amide bonds. The summed E-state index contributed by atoms with van der Waals surface area (Å²) >= 11 is 1.38. The molecule has 1 saturated heterocycles. The number of aryl methyl sites for hydroxylation is 2. The predicted octanol–water partition coefficient (Wildman–Crippen LogP) is 4.35. The summed E-state index contributed by atoms with van der Waals surface area (Å²) in [6, 6.07) is 16.0. The summed E-state index contributed by atoms with van der Waals surface area (Å²) in [6.45, 7) is 4.97. The van der Waals surface area contributed by atoms with Crippen LogP contribution in [0.4, 0.5) is 10.8 Å². The Kier molecular flexibility index (Phi) is 5.39. The minimum absolute atomic E-state index is 0.0283. The monoisotopic (exact) mass is 392 g/mol. The molecule has 1 N–H and O–H groups in total. The summed E-state index contributed by atoms with van der Waals surface area (Å²) in [7, 11) is 0. The molecular weight excluding hydrogens is 368 g/mol. The molecule has 1 aliphatic heterocycles. The molecule has 28 heavy (non-hydrogen) atoms. The van der Waals surface area contributed by atoms with E-state index in [1.807, 2.05) is 36.4 Å². The van der Waals surface area contributed by atoms with Crippen molar-refractivity contribution in [3.05, 3.63) is 71.0 Å². The third-order valence-corrected chi connectivity index (χ3v) is 6.03. The standard InChI is InChI=1S/C22H24N4OS/c1-15-10-11-18(13-16(15)2)23-21(27)19-9-6-12-26(19)22-24-20(25-28-22)14-17-7-4-3-5-8-17/h3-5,7-8,10-11,13,19H,6,9,12,14H2,1-2H3,(H,23,27)/t19-/m1/s1. The van der Waals surface area contributed by atoms with Crippen LogP contribution < -0.4 is 10.2 Å². The molecule has 0 radical (unpaired) electrons. The highest BCUT2D eigenvalue weighted by Crippen LogP contribution is 2.28. The van der Waals surface area contributed by atoms with Crippen LogP contribution in [0.1, 0.15) is 35.4 Å². The Morgan fingerprint density at radius 3 is 2.79 bits per heavy atom. The van der Waals surface area contributed by atoms with Crippen LogP contribution in [-0.2, 0) is 11.2 Å². The number of hydrogen-bond donors (Lipinski definition) is 1. The van der Waals surface area contributed by atoms with E-state index >= 15 is 0 Å². The van der Waals surface area contributed by atoms with Crippen molar-refractivity contribution in [1.82, 2.24) is 9.36 Å². The number of anilines is 2. The molecule has 1 fully saturated rings. The van der Waals surface area contributed by atoms with Crippen LogP contribution in [-0.4, -0.2) is 27.9 Å². The molecule has 5 nitrogen and oxygen atoms in total. The summed E-state index contributed by atoms with van der Waals surface area (Å²) in [6.07, 6.45) is 2.54. The van der Waals surface area contributed by atoms with Gasteiger partial charge in [0.15, 0.2) is 0 Å². The van der Waals surface area contributed by atoms with E-state index in [2.05, 4.69) is 40.6 Å². The van der Waals surface area contributed by atoms with Crippen LogP contribution >= 0.6 is 11.5 Å². The normalized spacial score (nSPS) is 16.4. The summed E-state index contributed by atoms with van der Waals surface area (Å²) in [5.74, 6) is 0.840. The molecule has 144 valence electrons. The Morgan fingerprint density at radius 1 is 1.18 bits per heavy atom. The number of benzene rings is 2. The van der Waals surface area contributed by atoms with Crippen molar-refractivity contribution in [2.24, 2.45) is 0 Å². The lowest BCUT2D eigenvalue weighted by atomic mass is 10.1. The maximum atomic E-state index is 12.9. The number of carbonyl (C=O) groups excluding carboxylic acids is 1. The Labute approximate surface area is 169 Å². The van der Waals surface area contributed by atoms with Gasteiger partial charge in [0.2, 0.25) is 11.0 Å². The van der Waals surface area contributed by atoms with Crippen molar-refractivity contribution in [3.8, 4) is 0 Å². The van der Waals surface area contributed by atoms with E-state index in [-0.39, 0.29) is 11.9 Å². The van der Waals surface area contributed by atoms with Crippen molar-refractivity contribution in [2.75, 3.05) is 16.8 Å². The predicted molar refractivity (Wildman–Crippen MR) is 114 cm³/mol. The van der Waals surface area contributed by atoms with Crippen molar-refractivity contribution in [3.63, 3.8) is 0 Å². The maximum absolute atomic E-state index is 12.9. The Bertz CT molecular complexity index is 970. The first kappa shape index (κ1) is 18.6. The lowest BCUT2D eigenvalue weighted by Gasteiger charge is -2.22. The molecule has 4 rings (SSSR count). The molecular formula is C22H24N4OS. The highest BCUT2D eigenvalue weighted by molar-refractivity contribution is 7.09. The zero-order valence-corrected chi connectivity index (χ0v) is 17.0. The molecule has 0 bridgehead atoms. The Hall–Kier alpha value is -2.73. The Balaban J connectivity index is 1.46. The quantitative estimate of drug-likeness (QED) is 0.701. The molecule has 1 aromatic heterocycles. The fourth-order valence-corrected chi connectivity index (χ4v) is 4.29. The first-order chi connectivity index (χ1) is 13.6. The zero-order valence-electron chi connectivity index (χ0n) is 16.2. The summed E-state index contributed by atoms with van der Waals surface area (Å²) in [5.41, 5.74) is 4.44. The average Bonchev–Trinajstić information content (AvgIpc) is 3.35. The molecule has 0 saturated carbocycles. The molecule has 6 heteroatoms. The van der Waals surface area contributed by atoms with Crippen LogP contribution in [0.2, 0.25) is 0 Å². The van der Waals surface area contributed by atoms with Gasteiger partial charge in [-0.25, -0.2) is 4.98 Å². The third kappa shape index (κ3) is 4.07. The second kappa shape index (κ2) is 8.10. The zero-order chi connectivity index (χ0) is 19.5. The summed E-state index contributed by atoms with van der Waals surface area (Å²) in [4.78, 5) is 19.7. The fourth-order valence-electron chi connectivity index (χ4n) is 3.52. The van der Waals surface area contributed by atoms with Crippen molar-refractivity contribution in [2.45, 2.75) is 39.2 Å². The van der Waals surface area contributed by atoms with E-state index in [9.17, 15) is 4.79 Å². The van der Waals surface area contributed by atoms with Crippen LogP contribution in [0.25, 0.3) is 0 Å². The molecule has 0 spiro atoms. The first-order valence-corrected chi connectivity index (χ1v) is 10.4. The molecule has 0 aliphatic carbocycles. The summed E-state index contributed by atoms with van der Waals surface area (Å²) in [5, 5.41) is 3.91. The lowest BCUT2D eigenvalue weighted by molar-refractivity contribution is -0.117. The van der Waals surface area contributed by atoms with E-state index in [4.69, 9.17) is 4.98 Å². The molecule has 2 aromatic carbocycles. The van der Waals surface area contributed by atoms with Gasteiger partial charge in [0.1, 0.15) is 11.9 Å². The molecule has 1 aliphatic rings. The van der Waals surface area contributed by atoms with Gasteiger partial charge in [-0.2, -0.15) is 4.37 Å². The van der Waals surface area contributed by atoms with Crippen molar-refractivity contribution in [1.29, 1.82) is 0 Å². The van der Waals surface area contributed by atoms with E-state index < -0.39 is 0 Å². The smallest absolute Gasteiger partial charge is 0.247 e. The van der Waals surface area contributed by atoms with Crippen LogP contribution in [0.15, 0.2) is 48.5 Å². The SMILES string of the molecule is Cc1ccc(NC(=O)[C@H]2CCCN2c2nc(Cc3ccccc3)ns2)cc1C. The van der Waals surface area contributed by atoms with Gasteiger partial charge in [-0.05, 0) is 55.5 Å². The largest absolute Gasteiger partial charge is 0.335 e. The maximum Gasteiger partial charge on any atom is 0.247 e. The van der Waals surface area contributed by atoms with E-state index in [1.54, 1.807) is 0 Å². The number of rotatable bonds is 5. The minimum Gasteiger partial charge on any atom is -0.335 e. The molecule has 2 heterocycles. The minimum atomic E-state index is -0.195. The molecule has 3 aromatic rings. The number of nitrogens with one attached hydrogen (secondary N) is 1. The number of amides is 1. The van der Waals surface area contributed by atoms with Gasteiger partial charge in [0, 0.05) is 30.2 Å².